The third-order valence-corrected chi connectivity index (χ3v) is 3.60. The molecule has 4 heteroatoms. The predicted octanol–water partition coefficient (Wildman–Crippen LogP) is 2.24. The smallest absolute Gasteiger partial charge is 0.123 e. The fraction of sp³-hybridized carbons (Fsp3) is 0.571. The van der Waals surface area contributed by atoms with Crippen molar-refractivity contribution in [1.82, 2.24) is 10.6 Å². The first kappa shape index (κ1) is 13.3. The first-order valence-corrected chi connectivity index (χ1v) is 6.48. The van der Waals surface area contributed by atoms with E-state index in [1.54, 1.807) is 19.2 Å². The van der Waals surface area contributed by atoms with E-state index >= 15 is 0 Å². The van der Waals surface area contributed by atoms with Crippen LogP contribution in [0.1, 0.15) is 30.9 Å². The summed E-state index contributed by atoms with van der Waals surface area (Å²) < 4.78 is 18.7. The molecule has 0 radical (unpaired) electrons. The van der Waals surface area contributed by atoms with Gasteiger partial charge in [0, 0.05) is 17.6 Å². The predicted molar refractivity (Wildman–Crippen MR) is 70.4 cm³/mol. The number of rotatable bonds is 5. The lowest BCUT2D eigenvalue weighted by atomic mass is 9.97. The summed E-state index contributed by atoms with van der Waals surface area (Å²) in [6.45, 7) is 1.08. The van der Waals surface area contributed by atoms with Gasteiger partial charge >= 0.3 is 0 Å². The van der Waals surface area contributed by atoms with E-state index in [4.69, 9.17) is 4.74 Å². The largest absolute Gasteiger partial charge is 0.496 e. The van der Waals surface area contributed by atoms with Gasteiger partial charge in [-0.05, 0) is 51.1 Å². The Morgan fingerprint density at radius 3 is 3.00 bits per heavy atom. The average molecular weight is 252 g/mol. The van der Waals surface area contributed by atoms with Crippen molar-refractivity contribution >= 4 is 0 Å². The third-order valence-electron chi connectivity index (χ3n) is 3.60. The second-order valence-electron chi connectivity index (χ2n) is 4.76. The molecular formula is C14H21FN2O. The molecule has 18 heavy (non-hydrogen) atoms. The minimum atomic E-state index is -0.217. The second-order valence-corrected chi connectivity index (χ2v) is 4.76. The summed E-state index contributed by atoms with van der Waals surface area (Å²) in [5.74, 6) is 0.527. The Morgan fingerprint density at radius 2 is 2.39 bits per heavy atom. The molecule has 1 fully saturated rings. The van der Waals surface area contributed by atoms with Gasteiger partial charge in [-0.3, -0.25) is 0 Å². The zero-order valence-electron chi connectivity index (χ0n) is 11.0. The quantitative estimate of drug-likeness (QED) is 0.843. The molecule has 0 aliphatic carbocycles. The van der Waals surface area contributed by atoms with Crippen LogP contribution in [0.15, 0.2) is 18.2 Å². The zero-order valence-corrected chi connectivity index (χ0v) is 11.0. The highest BCUT2D eigenvalue weighted by Crippen LogP contribution is 2.30. The van der Waals surface area contributed by atoms with E-state index in [2.05, 4.69) is 10.6 Å². The molecule has 1 aliphatic heterocycles. The summed E-state index contributed by atoms with van der Waals surface area (Å²) in [5, 5.41) is 6.73. The molecule has 1 heterocycles. The topological polar surface area (TPSA) is 33.3 Å². The molecule has 2 unspecified atom stereocenters. The van der Waals surface area contributed by atoms with Crippen molar-refractivity contribution in [3.05, 3.63) is 29.6 Å². The van der Waals surface area contributed by atoms with Crippen LogP contribution in [0.3, 0.4) is 0 Å². The Kier molecular flexibility index (Phi) is 4.55. The first-order chi connectivity index (χ1) is 8.74. The van der Waals surface area contributed by atoms with Gasteiger partial charge in [0.05, 0.1) is 7.11 Å². The maximum Gasteiger partial charge on any atom is 0.123 e. The molecule has 0 aromatic heterocycles. The van der Waals surface area contributed by atoms with Gasteiger partial charge in [-0.15, -0.1) is 0 Å². The van der Waals surface area contributed by atoms with Gasteiger partial charge in [-0.1, -0.05) is 0 Å². The first-order valence-electron chi connectivity index (χ1n) is 6.48. The summed E-state index contributed by atoms with van der Waals surface area (Å²) in [5.41, 5.74) is 0.897. The molecule has 0 spiro atoms. The van der Waals surface area contributed by atoms with Crippen LogP contribution in [0.4, 0.5) is 4.39 Å². The zero-order chi connectivity index (χ0) is 13.0. The number of halogens is 1. The highest BCUT2D eigenvalue weighted by atomic mass is 19.1. The van der Waals surface area contributed by atoms with Crippen LogP contribution >= 0.6 is 0 Å². The molecule has 3 nitrogen and oxygen atoms in total. The van der Waals surface area contributed by atoms with Crippen molar-refractivity contribution in [3.63, 3.8) is 0 Å². The van der Waals surface area contributed by atoms with Crippen LogP contribution < -0.4 is 15.4 Å². The van der Waals surface area contributed by atoms with E-state index in [0.717, 1.165) is 24.3 Å². The van der Waals surface area contributed by atoms with E-state index in [1.807, 2.05) is 7.05 Å². The molecule has 0 amide bonds. The van der Waals surface area contributed by atoms with Gasteiger partial charge in [-0.2, -0.15) is 0 Å². The molecule has 100 valence electrons. The fourth-order valence-corrected chi connectivity index (χ4v) is 2.62. The summed E-state index contributed by atoms with van der Waals surface area (Å²) in [6.07, 6.45) is 3.37. The van der Waals surface area contributed by atoms with E-state index < -0.39 is 0 Å². The van der Waals surface area contributed by atoms with Crippen molar-refractivity contribution in [1.29, 1.82) is 0 Å². The number of benzene rings is 1. The molecule has 2 rings (SSSR count). The average Bonchev–Trinajstić information content (AvgIpc) is 2.88. The molecule has 2 atom stereocenters. The molecule has 1 aromatic carbocycles. The maximum absolute atomic E-state index is 13.4. The summed E-state index contributed by atoms with van der Waals surface area (Å²) in [4.78, 5) is 0. The van der Waals surface area contributed by atoms with Crippen molar-refractivity contribution < 1.29 is 9.13 Å². The molecule has 0 saturated carbocycles. The normalized spacial score (nSPS) is 20.9. The second kappa shape index (κ2) is 6.16. The number of nitrogens with one attached hydrogen (secondary N) is 2. The standard InChI is InChI=1S/C14H21FN2O/c1-16-13(9-11-4-3-7-17-11)12-8-10(15)5-6-14(12)18-2/h5-6,8,11,13,16-17H,3-4,7,9H2,1-2H3. The lowest BCUT2D eigenvalue weighted by Gasteiger charge is -2.22. The van der Waals surface area contributed by atoms with Gasteiger partial charge in [0.2, 0.25) is 0 Å². The third kappa shape index (κ3) is 3.00. The maximum atomic E-state index is 13.4. The van der Waals surface area contributed by atoms with E-state index in [9.17, 15) is 4.39 Å². The van der Waals surface area contributed by atoms with E-state index in [-0.39, 0.29) is 11.9 Å². The molecular weight excluding hydrogens is 231 g/mol. The minimum Gasteiger partial charge on any atom is -0.496 e. The van der Waals surface area contributed by atoms with Gasteiger partial charge in [0.25, 0.3) is 0 Å². The van der Waals surface area contributed by atoms with Gasteiger partial charge < -0.3 is 15.4 Å². The number of hydrogen-bond acceptors (Lipinski definition) is 3. The number of hydrogen-bond donors (Lipinski definition) is 2. The minimum absolute atomic E-state index is 0.117. The van der Waals surface area contributed by atoms with Crippen LogP contribution in [0.25, 0.3) is 0 Å². The van der Waals surface area contributed by atoms with Crippen LogP contribution in [-0.4, -0.2) is 26.7 Å². The van der Waals surface area contributed by atoms with Gasteiger partial charge in [0.1, 0.15) is 11.6 Å². The molecule has 1 aromatic rings. The Bertz CT molecular complexity index is 391. The number of methoxy groups -OCH3 is 1. The van der Waals surface area contributed by atoms with Crippen LogP contribution in [0, 0.1) is 5.82 Å². The highest BCUT2D eigenvalue weighted by Gasteiger charge is 2.22. The van der Waals surface area contributed by atoms with E-state index in [0.29, 0.717) is 6.04 Å². The van der Waals surface area contributed by atoms with Gasteiger partial charge in [0.15, 0.2) is 0 Å². The lowest BCUT2D eigenvalue weighted by molar-refractivity contribution is 0.387. The van der Waals surface area contributed by atoms with Crippen molar-refractivity contribution in [2.75, 3.05) is 20.7 Å². The van der Waals surface area contributed by atoms with E-state index in [1.165, 1.54) is 18.9 Å². The molecule has 0 bridgehead atoms. The highest BCUT2D eigenvalue weighted by molar-refractivity contribution is 5.36. The van der Waals surface area contributed by atoms with Crippen molar-refractivity contribution in [3.8, 4) is 5.75 Å². The summed E-state index contributed by atoms with van der Waals surface area (Å²) in [6, 6.07) is 5.32. The van der Waals surface area contributed by atoms with Crippen molar-refractivity contribution in [2.45, 2.75) is 31.3 Å². The SMILES string of the molecule is CNC(CC1CCCN1)c1cc(F)ccc1OC. The molecule has 2 N–H and O–H groups in total. The molecule has 1 aliphatic rings. The van der Waals surface area contributed by atoms with Crippen molar-refractivity contribution in [2.24, 2.45) is 0 Å². The van der Waals surface area contributed by atoms with Gasteiger partial charge in [-0.25, -0.2) is 4.39 Å². The number of ether oxygens (including phenoxy) is 1. The Morgan fingerprint density at radius 1 is 1.56 bits per heavy atom. The summed E-state index contributed by atoms with van der Waals surface area (Å²) in [7, 11) is 3.53. The van der Waals surface area contributed by atoms with Crippen LogP contribution in [-0.2, 0) is 0 Å². The summed E-state index contributed by atoms with van der Waals surface area (Å²) >= 11 is 0. The Labute approximate surface area is 108 Å². The molecule has 1 saturated heterocycles. The monoisotopic (exact) mass is 252 g/mol. The Balaban J connectivity index is 2.17. The van der Waals surface area contributed by atoms with Crippen LogP contribution in [0.2, 0.25) is 0 Å². The Hall–Kier alpha value is -1.13. The fourth-order valence-electron chi connectivity index (χ4n) is 2.62. The van der Waals surface area contributed by atoms with Crippen LogP contribution in [0.5, 0.6) is 5.75 Å². The lowest BCUT2D eigenvalue weighted by Crippen LogP contribution is -2.28.